The largest absolute Gasteiger partial charge is 0.358 e. The van der Waals surface area contributed by atoms with Gasteiger partial charge >= 0.3 is 0 Å². The fourth-order valence-corrected chi connectivity index (χ4v) is 5.61. The SMILES string of the molecule is O=C(c1ccccc1)N1CCC2(CC1)OCCN2S(=O)(=O)c1ccccc1. The van der Waals surface area contributed by atoms with Crippen molar-refractivity contribution in [2.24, 2.45) is 0 Å². The van der Waals surface area contributed by atoms with Gasteiger partial charge in [0.25, 0.3) is 5.91 Å². The minimum absolute atomic E-state index is 0.0269. The average molecular weight is 386 g/mol. The third kappa shape index (κ3) is 3.26. The fraction of sp³-hybridized carbons (Fsp3) is 0.350. The molecule has 27 heavy (non-hydrogen) atoms. The smallest absolute Gasteiger partial charge is 0.253 e. The van der Waals surface area contributed by atoms with Crippen LogP contribution in [0.3, 0.4) is 0 Å². The number of nitrogens with zero attached hydrogens (tertiary/aromatic N) is 2. The van der Waals surface area contributed by atoms with Gasteiger partial charge in [-0.15, -0.1) is 0 Å². The number of amides is 1. The third-order valence-corrected chi connectivity index (χ3v) is 7.27. The monoisotopic (exact) mass is 386 g/mol. The Hall–Kier alpha value is -2.22. The van der Waals surface area contributed by atoms with Crippen molar-refractivity contribution >= 4 is 15.9 Å². The Kier molecular flexibility index (Phi) is 4.75. The molecule has 0 atom stereocenters. The molecular weight excluding hydrogens is 364 g/mol. The zero-order valence-corrected chi connectivity index (χ0v) is 15.8. The van der Waals surface area contributed by atoms with Crippen molar-refractivity contribution in [2.45, 2.75) is 23.5 Å². The molecule has 2 aliphatic rings. The molecule has 7 heteroatoms. The predicted octanol–water partition coefficient (Wildman–Crippen LogP) is 2.34. The maximum atomic E-state index is 13.1. The Morgan fingerprint density at radius 3 is 2.11 bits per heavy atom. The van der Waals surface area contributed by atoms with Crippen LogP contribution >= 0.6 is 0 Å². The predicted molar refractivity (Wildman–Crippen MR) is 101 cm³/mol. The number of ether oxygens (including phenoxy) is 1. The van der Waals surface area contributed by atoms with E-state index in [9.17, 15) is 13.2 Å². The fourth-order valence-electron chi connectivity index (χ4n) is 3.87. The van der Waals surface area contributed by atoms with Gasteiger partial charge < -0.3 is 9.64 Å². The Bertz CT molecular complexity index is 908. The van der Waals surface area contributed by atoms with E-state index in [0.29, 0.717) is 44.6 Å². The Balaban J connectivity index is 1.52. The first-order chi connectivity index (χ1) is 13.0. The second-order valence-electron chi connectivity index (χ2n) is 6.84. The summed E-state index contributed by atoms with van der Waals surface area (Å²) in [6.45, 7) is 1.64. The number of benzene rings is 2. The maximum Gasteiger partial charge on any atom is 0.253 e. The van der Waals surface area contributed by atoms with E-state index in [1.54, 1.807) is 47.4 Å². The summed E-state index contributed by atoms with van der Waals surface area (Å²) < 4.78 is 33.7. The standard InChI is InChI=1S/C20H22N2O4S/c23-19(17-7-3-1-4-8-17)21-13-11-20(12-14-21)22(15-16-26-20)27(24,25)18-9-5-2-6-10-18/h1-10H,11-16H2. The number of sulfonamides is 1. The van der Waals surface area contributed by atoms with Gasteiger partial charge in [-0.2, -0.15) is 4.31 Å². The number of carbonyl (C=O) groups is 1. The summed E-state index contributed by atoms with van der Waals surface area (Å²) in [5.41, 5.74) is -0.211. The molecule has 0 radical (unpaired) electrons. The number of rotatable bonds is 3. The van der Waals surface area contributed by atoms with Gasteiger partial charge in [0.05, 0.1) is 11.5 Å². The minimum Gasteiger partial charge on any atom is -0.358 e. The highest BCUT2D eigenvalue weighted by molar-refractivity contribution is 7.89. The molecule has 1 spiro atoms. The molecule has 1 amide bonds. The van der Waals surface area contributed by atoms with Crippen molar-refractivity contribution in [1.82, 2.24) is 9.21 Å². The Morgan fingerprint density at radius 1 is 0.889 bits per heavy atom. The molecular formula is C20H22N2O4S. The van der Waals surface area contributed by atoms with Crippen LogP contribution in [0.15, 0.2) is 65.6 Å². The molecule has 4 rings (SSSR count). The number of piperidine rings is 1. The summed E-state index contributed by atoms with van der Waals surface area (Å²) in [7, 11) is -3.63. The highest BCUT2D eigenvalue weighted by Crippen LogP contribution is 2.38. The molecule has 2 aliphatic heterocycles. The summed E-state index contributed by atoms with van der Waals surface area (Å²) >= 11 is 0. The van der Waals surface area contributed by atoms with Crippen molar-refractivity contribution in [2.75, 3.05) is 26.2 Å². The normalized spacial score (nSPS) is 20.1. The molecule has 2 saturated heterocycles. The third-order valence-electron chi connectivity index (χ3n) is 5.30. The van der Waals surface area contributed by atoms with E-state index in [2.05, 4.69) is 0 Å². The highest BCUT2D eigenvalue weighted by Gasteiger charge is 2.50. The number of hydrogen-bond acceptors (Lipinski definition) is 4. The molecule has 0 bridgehead atoms. The zero-order valence-electron chi connectivity index (χ0n) is 15.0. The lowest BCUT2D eigenvalue weighted by Crippen LogP contribution is -2.55. The van der Waals surface area contributed by atoms with E-state index in [0.717, 1.165) is 0 Å². The lowest BCUT2D eigenvalue weighted by molar-refractivity contribution is -0.0857. The first kappa shape index (κ1) is 18.2. The number of carbonyl (C=O) groups excluding carboxylic acids is 1. The van der Waals surface area contributed by atoms with Gasteiger partial charge in [0.1, 0.15) is 5.72 Å². The van der Waals surface area contributed by atoms with Gasteiger partial charge in [-0.25, -0.2) is 8.42 Å². The molecule has 2 fully saturated rings. The molecule has 2 aromatic rings. The van der Waals surface area contributed by atoms with Crippen molar-refractivity contribution in [3.8, 4) is 0 Å². The summed E-state index contributed by atoms with van der Waals surface area (Å²) in [6, 6.07) is 17.6. The van der Waals surface area contributed by atoms with Gasteiger partial charge in [-0.3, -0.25) is 4.79 Å². The zero-order chi connectivity index (χ0) is 18.9. The van der Waals surface area contributed by atoms with Gasteiger partial charge in [-0.05, 0) is 24.3 Å². The molecule has 2 aromatic carbocycles. The summed E-state index contributed by atoms with van der Waals surface area (Å²) in [5, 5.41) is 0. The van der Waals surface area contributed by atoms with Crippen LogP contribution in [0.5, 0.6) is 0 Å². The van der Waals surface area contributed by atoms with Crippen LogP contribution < -0.4 is 0 Å². The Labute approximate surface area is 159 Å². The molecule has 0 aliphatic carbocycles. The van der Waals surface area contributed by atoms with Crippen LogP contribution in [-0.2, 0) is 14.8 Å². The van der Waals surface area contributed by atoms with Crippen LogP contribution in [0.1, 0.15) is 23.2 Å². The lowest BCUT2D eigenvalue weighted by atomic mass is 10.00. The molecule has 142 valence electrons. The van der Waals surface area contributed by atoms with Crippen molar-refractivity contribution in [3.05, 3.63) is 66.2 Å². The minimum atomic E-state index is -3.63. The topological polar surface area (TPSA) is 66.9 Å². The molecule has 0 unspecified atom stereocenters. The van der Waals surface area contributed by atoms with Gasteiger partial charge in [0.15, 0.2) is 0 Å². The molecule has 2 heterocycles. The van der Waals surface area contributed by atoms with Crippen LogP contribution in [0.4, 0.5) is 0 Å². The first-order valence-corrected chi connectivity index (χ1v) is 10.5. The maximum absolute atomic E-state index is 13.1. The first-order valence-electron chi connectivity index (χ1n) is 9.09. The van der Waals surface area contributed by atoms with E-state index < -0.39 is 15.7 Å². The van der Waals surface area contributed by atoms with Crippen molar-refractivity contribution in [1.29, 1.82) is 0 Å². The highest BCUT2D eigenvalue weighted by atomic mass is 32.2. The second-order valence-corrected chi connectivity index (χ2v) is 8.71. The Morgan fingerprint density at radius 2 is 1.48 bits per heavy atom. The van der Waals surface area contributed by atoms with E-state index >= 15 is 0 Å². The molecule has 0 aromatic heterocycles. The van der Waals surface area contributed by atoms with Gasteiger partial charge in [0.2, 0.25) is 10.0 Å². The van der Waals surface area contributed by atoms with Gasteiger partial charge in [0, 0.05) is 38.0 Å². The van der Waals surface area contributed by atoms with E-state index in [1.807, 2.05) is 18.2 Å². The van der Waals surface area contributed by atoms with Crippen LogP contribution in [-0.4, -0.2) is 55.5 Å². The quantitative estimate of drug-likeness (QED) is 0.812. The van der Waals surface area contributed by atoms with Gasteiger partial charge in [-0.1, -0.05) is 36.4 Å². The van der Waals surface area contributed by atoms with Crippen LogP contribution in [0, 0.1) is 0 Å². The van der Waals surface area contributed by atoms with Crippen molar-refractivity contribution < 1.29 is 17.9 Å². The van der Waals surface area contributed by atoms with E-state index in [1.165, 1.54) is 4.31 Å². The summed E-state index contributed by atoms with van der Waals surface area (Å²) in [6.07, 6.45) is 0.940. The summed E-state index contributed by atoms with van der Waals surface area (Å²) in [4.78, 5) is 14.7. The average Bonchev–Trinajstić information content (AvgIpc) is 3.13. The van der Waals surface area contributed by atoms with Crippen LogP contribution in [0.2, 0.25) is 0 Å². The van der Waals surface area contributed by atoms with E-state index in [4.69, 9.17) is 4.74 Å². The summed E-state index contributed by atoms with van der Waals surface area (Å²) in [5.74, 6) is -0.0269. The molecule has 6 nitrogen and oxygen atoms in total. The molecule has 0 N–H and O–H groups in total. The molecule has 0 saturated carbocycles. The lowest BCUT2D eigenvalue weighted by Gasteiger charge is -2.42. The second kappa shape index (κ2) is 7.07. The van der Waals surface area contributed by atoms with E-state index in [-0.39, 0.29) is 10.8 Å². The number of hydrogen-bond donors (Lipinski definition) is 0. The number of likely N-dealkylation sites (tertiary alicyclic amines) is 1. The van der Waals surface area contributed by atoms with Crippen molar-refractivity contribution in [3.63, 3.8) is 0 Å². The van der Waals surface area contributed by atoms with Crippen LogP contribution in [0.25, 0.3) is 0 Å².